The first kappa shape index (κ1) is 14.3. The number of aromatic hydroxyl groups is 1. The summed E-state index contributed by atoms with van der Waals surface area (Å²) in [6.45, 7) is 0. The Balaban J connectivity index is 1.92. The van der Waals surface area contributed by atoms with Crippen molar-refractivity contribution in [2.24, 2.45) is 0 Å². The number of hydrogen-bond acceptors (Lipinski definition) is 3. The van der Waals surface area contributed by atoms with E-state index in [9.17, 15) is 9.90 Å². The minimum Gasteiger partial charge on any atom is -0.508 e. The SMILES string of the molecule is O=C1Nc2ccc(Br)cc2/C1=C(/NC1CC1)c1cccc(O)c1. The summed E-state index contributed by atoms with van der Waals surface area (Å²) in [5.41, 5.74) is 3.89. The van der Waals surface area contributed by atoms with Crippen molar-refractivity contribution in [2.45, 2.75) is 18.9 Å². The number of halogens is 1. The van der Waals surface area contributed by atoms with Crippen LogP contribution in [0, 0.1) is 0 Å². The van der Waals surface area contributed by atoms with Crippen molar-refractivity contribution >= 4 is 38.8 Å². The van der Waals surface area contributed by atoms with E-state index in [0.29, 0.717) is 11.6 Å². The van der Waals surface area contributed by atoms with Crippen molar-refractivity contribution in [1.29, 1.82) is 0 Å². The molecule has 116 valence electrons. The monoisotopic (exact) mass is 370 g/mol. The molecule has 0 atom stereocenters. The molecule has 0 spiro atoms. The third kappa shape index (κ3) is 2.72. The summed E-state index contributed by atoms with van der Waals surface area (Å²) in [5.74, 6) is 0.0654. The van der Waals surface area contributed by atoms with E-state index >= 15 is 0 Å². The Hall–Kier alpha value is -2.27. The fraction of sp³-hybridized carbons (Fsp3) is 0.167. The average molecular weight is 371 g/mol. The number of phenolic OH excluding ortho intramolecular Hbond substituents is 1. The van der Waals surface area contributed by atoms with Gasteiger partial charge in [-0.2, -0.15) is 0 Å². The number of anilines is 1. The van der Waals surface area contributed by atoms with Gasteiger partial charge >= 0.3 is 0 Å². The van der Waals surface area contributed by atoms with Crippen molar-refractivity contribution in [3.63, 3.8) is 0 Å². The lowest BCUT2D eigenvalue weighted by molar-refractivity contribution is -0.110. The van der Waals surface area contributed by atoms with Gasteiger partial charge in [-0.25, -0.2) is 0 Å². The molecule has 1 amide bonds. The molecule has 1 saturated carbocycles. The molecule has 0 aromatic heterocycles. The normalized spacial score (nSPS) is 18.4. The Bertz CT molecular complexity index is 841. The molecule has 4 rings (SSSR count). The molecule has 2 aliphatic rings. The largest absolute Gasteiger partial charge is 0.508 e. The lowest BCUT2D eigenvalue weighted by Gasteiger charge is -2.14. The fourth-order valence-electron chi connectivity index (χ4n) is 2.78. The van der Waals surface area contributed by atoms with Crippen LogP contribution in [-0.2, 0) is 4.79 Å². The van der Waals surface area contributed by atoms with Gasteiger partial charge in [0, 0.05) is 27.3 Å². The second-order valence-corrected chi connectivity index (χ2v) is 6.78. The third-order valence-electron chi connectivity index (χ3n) is 4.04. The number of benzene rings is 2. The summed E-state index contributed by atoms with van der Waals surface area (Å²) in [6, 6.07) is 13.1. The fourth-order valence-corrected chi connectivity index (χ4v) is 3.14. The molecule has 5 heteroatoms. The van der Waals surface area contributed by atoms with E-state index in [0.717, 1.165) is 39.8 Å². The minimum atomic E-state index is -0.121. The molecule has 0 unspecified atom stereocenters. The van der Waals surface area contributed by atoms with Crippen LogP contribution in [0.15, 0.2) is 46.9 Å². The van der Waals surface area contributed by atoms with Crippen LogP contribution in [-0.4, -0.2) is 17.1 Å². The Morgan fingerprint density at radius 3 is 2.78 bits per heavy atom. The van der Waals surface area contributed by atoms with Gasteiger partial charge in [0.2, 0.25) is 0 Å². The summed E-state index contributed by atoms with van der Waals surface area (Å²) in [4.78, 5) is 12.6. The molecule has 3 N–H and O–H groups in total. The summed E-state index contributed by atoms with van der Waals surface area (Å²) in [6.07, 6.45) is 2.20. The molecular weight excluding hydrogens is 356 g/mol. The first-order chi connectivity index (χ1) is 11.1. The van der Waals surface area contributed by atoms with Crippen molar-refractivity contribution in [3.8, 4) is 5.75 Å². The Kier molecular flexibility index (Phi) is 3.38. The quantitative estimate of drug-likeness (QED) is 0.721. The lowest BCUT2D eigenvalue weighted by atomic mass is 10.00. The first-order valence-corrected chi connectivity index (χ1v) is 8.32. The number of phenols is 1. The molecular formula is C18H15BrN2O2. The number of amides is 1. The third-order valence-corrected chi connectivity index (χ3v) is 4.53. The van der Waals surface area contributed by atoms with E-state index in [1.807, 2.05) is 24.3 Å². The molecule has 2 aromatic carbocycles. The van der Waals surface area contributed by atoms with Crippen LogP contribution in [0.2, 0.25) is 0 Å². The first-order valence-electron chi connectivity index (χ1n) is 7.53. The van der Waals surface area contributed by atoms with Gasteiger partial charge in [-0.3, -0.25) is 4.79 Å². The number of rotatable bonds is 3. The number of nitrogens with one attached hydrogen (secondary N) is 2. The van der Waals surface area contributed by atoms with Crippen molar-refractivity contribution in [1.82, 2.24) is 5.32 Å². The number of fused-ring (bicyclic) bond motifs is 1. The van der Waals surface area contributed by atoms with Gasteiger partial charge in [-0.1, -0.05) is 28.1 Å². The van der Waals surface area contributed by atoms with Gasteiger partial charge < -0.3 is 15.7 Å². The summed E-state index contributed by atoms with van der Waals surface area (Å²) < 4.78 is 0.923. The Labute approximate surface area is 142 Å². The van der Waals surface area contributed by atoms with Crippen LogP contribution in [0.3, 0.4) is 0 Å². The summed E-state index contributed by atoms with van der Waals surface area (Å²) in [5, 5.41) is 16.2. The Morgan fingerprint density at radius 2 is 2.04 bits per heavy atom. The van der Waals surface area contributed by atoms with Gasteiger partial charge in [-0.15, -0.1) is 0 Å². The predicted octanol–water partition coefficient (Wildman–Crippen LogP) is 3.73. The van der Waals surface area contributed by atoms with Crippen LogP contribution < -0.4 is 10.6 Å². The molecule has 0 bridgehead atoms. The molecule has 23 heavy (non-hydrogen) atoms. The van der Waals surface area contributed by atoms with Gasteiger partial charge in [0.05, 0.1) is 11.3 Å². The average Bonchev–Trinajstić information content (AvgIpc) is 3.28. The molecule has 1 heterocycles. The maximum absolute atomic E-state index is 12.6. The van der Waals surface area contributed by atoms with E-state index < -0.39 is 0 Å². The minimum absolute atomic E-state index is 0.121. The molecule has 1 aliphatic heterocycles. The highest BCUT2D eigenvalue weighted by atomic mass is 79.9. The second kappa shape index (κ2) is 5.42. The maximum Gasteiger partial charge on any atom is 0.258 e. The maximum atomic E-state index is 12.6. The molecule has 2 aromatic rings. The molecule has 1 aliphatic carbocycles. The standard InChI is InChI=1S/C18H15BrN2O2/c19-11-4-7-15-14(9-11)16(18(23)21-15)17(20-12-5-6-12)10-2-1-3-13(22)8-10/h1-4,7-9,12,20,22H,5-6H2,(H,21,23)/b17-16-. The number of hydrogen-bond donors (Lipinski definition) is 3. The van der Waals surface area contributed by atoms with Crippen LogP contribution in [0.4, 0.5) is 5.69 Å². The van der Waals surface area contributed by atoms with E-state index in [2.05, 4.69) is 26.6 Å². The van der Waals surface area contributed by atoms with Crippen molar-refractivity contribution in [2.75, 3.05) is 5.32 Å². The van der Waals surface area contributed by atoms with Gasteiger partial charge in [-0.05, 0) is 43.2 Å². The zero-order chi connectivity index (χ0) is 16.0. The van der Waals surface area contributed by atoms with Crippen molar-refractivity contribution in [3.05, 3.63) is 58.1 Å². The number of carbonyl (C=O) groups excluding carboxylic acids is 1. The van der Waals surface area contributed by atoms with E-state index in [4.69, 9.17) is 0 Å². The topological polar surface area (TPSA) is 61.4 Å². The van der Waals surface area contributed by atoms with Gasteiger partial charge in [0.15, 0.2) is 0 Å². The highest BCUT2D eigenvalue weighted by Gasteiger charge is 2.31. The highest BCUT2D eigenvalue weighted by molar-refractivity contribution is 9.10. The Morgan fingerprint density at radius 1 is 1.22 bits per heavy atom. The molecule has 4 nitrogen and oxygen atoms in total. The molecule has 1 fully saturated rings. The van der Waals surface area contributed by atoms with E-state index in [-0.39, 0.29) is 11.7 Å². The van der Waals surface area contributed by atoms with Gasteiger partial charge in [0.1, 0.15) is 5.75 Å². The zero-order valence-electron chi connectivity index (χ0n) is 12.3. The predicted molar refractivity (Wildman–Crippen MR) is 93.9 cm³/mol. The van der Waals surface area contributed by atoms with Crippen molar-refractivity contribution < 1.29 is 9.90 Å². The smallest absolute Gasteiger partial charge is 0.258 e. The van der Waals surface area contributed by atoms with Crippen LogP contribution in [0.5, 0.6) is 5.75 Å². The highest BCUT2D eigenvalue weighted by Crippen LogP contribution is 2.39. The van der Waals surface area contributed by atoms with E-state index in [1.54, 1.807) is 18.2 Å². The zero-order valence-corrected chi connectivity index (χ0v) is 13.9. The van der Waals surface area contributed by atoms with Gasteiger partial charge in [0.25, 0.3) is 5.91 Å². The molecule has 0 saturated heterocycles. The molecule has 0 radical (unpaired) electrons. The second-order valence-electron chi connectivity index (χ2n) is 5.86. The lowest BCUT2D eigenvalue weighted by Crippen LogP contribution is -2.18. The van der Waals surface area contributed by atoms with Crippen LogP contribution in [0.25, 0.3) is 11.3 Å². The van der Waals surface area contributed by atoms with Crippen LogP contribution >= 0.6 is 15.9 Å². The summed E-state index contributed by atoms with van der Waals surface area (Å²) >= 11 is 3.47. The van der Waals surface area contributed by atoms with Crippen LogP contribution in [0.1, 0.15) is 24.0 Å². The van der Waals surface area contributed by atoms with E-state index in [1.165, 1.54) is 0 Å². The summed E-state index contributed by atoms with van der Waals surface area (Å²) in [7, 11) is 0. The number of carbonyl (C=O) groups is 1.